The molecule has 0 N–H and O–H groups in total. The van der Waals surface area contributed by atoms with Gasteiger partial charge in [-0.15, -0.1) is 11.8 Å². The van der Waals surface area contributed by atoms with Crippen LogP contribution < -0.4 is 14.9 Å². The van der Waals surface area contributed by atoms with Crippen LogP contribution in [0.15, 0.2) is 85.0 Å². The molecule has 9 nitrogen and oxygen atoms in total. The summed E-state index contributed by atoms with van der Waals surface area (Å²) in [6, 6.07) is 14.3. The third-order valence-electron chi connectivity index (χ3n) is 6.27. The van der Waals surface area contributed by atoms with Crippen LogP contribution in [0.2, 0.25) is 5.02 Å². The van der Waals surface area contributed by atoms with Crippen molar-refractivity contribution in [2.75, 3.05) is 12.9 Å². The van der Waals surface area contributed by atoms with Crippen molar-refractivity contribution < 1.29 is 18.9 Å². The first-order valence-corrected chi connectivity index (χ1v) is 14.5. The van der Waals surface area contributed by atoms with Gasteiger partial charge in [0.15, 0.2) is 4.80 Å². The molecule has 5 rings (SSSR count). The van der Waals surface area contributed by atoms with Crippen LogP contribution in [0.3, 0.4) is 0 Å². The molecule has 0 saturated carbocycles. The van der Waals surface area contributed by atoms with Crippen LogP contribution in [0, 0.1) is 10.1 Å². The predicted molar refractivity (Wildman–Crippen MR) is 154 cm³/mol. The molecule has 0 radical (unpaired) electrons. The molecule has 1 aliphatic rings. The van der Waals surface area contributed by atoms with Gasteiger partial charge in [-0.2, -0.15) is 0 Å². The SMILES string of the molecule is CCOC(=O)C1=C(C)N=c2s/c(=C\c3ccc(-c4cc([N+](=O)[O-])ccc4Cl)o3)c(=O)n2C1c1ccc(SC)cc1. The fourth-order valence-electron chi connectivity index (χ4n) is 4.41. The molecule has 0 amide bonds. The highest BCUT2D eigenvalue weighted by atomic mass is 35.5. The molecular formula is C28H22ClN3O6S2. The molecule has 0 aliphatic carbocycles. The molecule has 1 unspecified atom stereocenters. The molecule has 40 heavy (non-hydrogen) atoms. The van der Waals surface area contributed by atoms with Gasteiger partial charge in [-0.1, -0.05) is 35.1 Å². The van der Waals surface area contributed by atoms with E-state index >= 15 is 0 Å². The average molecular weight is 596 g/mol. The van der Waals surface area contributed by atoms with E-state index < -0.39 is 16.9 Å². The van der Waals surface area contributed by atoms with Crippen molar-refractivity contribution in [2.45, 2.75) is 24.8 Å². The van der Waals surface area contributed by atoms with Crippen LogP contribution in [-0.4, -0.2) is 28.3 Å². The zero-order valence-electron chi connectivity index (χ0n) is 21.5. The third-order valence-corrected chi connectivity index (χ3v) is 8.33. The molecule has 0 saturated heterocycles. The first-order chi connectivity index (χ1) is 19.2. The van der Waals surface area contributed by atoms with Crippen molar-refractivity contribution in [3.63, 3.8) is 0 Å². The van der Waals surface area contributed by atoms with Crippen LogP contribution in [0.4, 0.5) is 5.69 Å². The number of nitro groups is 1. The Morgan fingerprint density at radius 3 is 2.67 bits per heavy atom. The van der Waals surface area contributed by atoms with Gasteiger partial charge in [-0.05, 0) is 56.0 Å². The Bertz CT molecular complexity index is 1850. The Hall–Kier alpha value is -3.93. The number of carbonyl (C=O) groups is 1. The number of thioether (sulfide) groups is 1. The minimum atomic E-state index is -0.718. The number of hydrogen-bond acceptors (Lipinski definition) is 9. The monoisotopic (exact) mass is 595 g/mol. The van der Waals surface area contributed by atoms with E-state index in [1.54, 1.807) is 43.8 Å². The fourth-order valence-corrected chi connectivity index (χ4v) is 6.06. The van der Waals surface area contributed by atoms with Gasteiger partial charge in [0.05, 0.1) is 38.4 Å². The summed E-state index contributed by atoms with van der Waals surface area (Å²) in [6.07, 6.45) is 3.55. The number of rotatable bonds is 7. The molecule has 0 bridgehead atoms. The van der Waals surface area contributed by atoms with E-state index in [4.69, 9.17) is 20.8 Å². The van der Waals surface area contributed by atoms with Gasteiger partial charge >= 0.3 is 5.97 Å². The molecular weight excluding hydrogens is 574 g/mol. The minimum Gasteiger partial charge on any atom is -0.463 e. The second kappa shape index (κ2) is 11.3. The first kappa shape index (κ1) is 27.6. The smallest absolute Gasteiger partial charge is 0.338 e. The summed E-state index contributed by atoms with van der Waals surface area (Å²) in [4.78, 5) is 43.6. The summed E-state index contributed by atoms with van der Waals surface area (Å²) in [7, 11) is 0. The lowest BCUT2D eigenvalue weighted by atomic mass is 9.96. The number of esters is 1. The van der Waals surface area contributed by atoms with Crippen molar-refractivity contribution in [2.24, 2.45) is 4.99 Å². The van der Waals surface area contributed by atoms with Crippen LogP contribution in [0.1, 0.15) is 31.2 Å². The fraction of sp³-hybridized carbons (Fsp3) is 0.179. The third kappa shape index (κ3) is 5.15. The average Bonchev–Trinajstić information content (AvgIpc) is 3.52. The van der Waals surface area contributed by atoms with E-state index in [2.05, 4.69) is 4.99 Å². The lowest BCUT2D eigenvalue weighted by Crippen LogP contribution is -2.39. The Morgan fingerprint density at radius 2 is 2.00 bits per heavy atom. The number of nitrogens with zero attached hydrogens (tertiary/aromatic N) is 3. The number of benzene rings is 2. The van der Waals surface area contributed by atoms with E-state index in [-0.39, 0.29) is 17.9 Å². The maximum atomic E-state index is 13.8. The summed E-state index contributed by atoms with van der Waals surface area (Å²) in [6.45, 7) is 3.64. The van der Waals surface area contributed by atoms with Gasteiger partial charge in [-0.25, -0.2) is 9.79 Å². The number of allylic oxidation sites excluding steroid dienone is 1. The summed E-state index contributed by atoms with van der Waals surface area (Å²) < 4.78 is 13.1. The molecule has 2 aromatic heterocycles. The molecule has 1 atom stereocenters. The standard InChI is InChI=1S/C28H22ClN3O6S2/c1-4-37-27(34)24-15(2)30-28-31(25(24)16-5-9-19(39-3)10-6-16)26(33)23(40-28)14-18-8-12-22(38-18)20-13-17(32(35)36)7-11-21(20)29/h5-14,25H,4H2,1-3H3/b23-14-. The highest BCUT2D eigenvalue weighted by Gasteiger charge is 2.33. The van der Waals surface area contributed by atoms with Gasteiger partial charge in [0.25, 0.3) is 11.2 Å². The number of nitro benzene ring substituents is 1. The van der Waals surface area contributed by atoms with Gasteiger partial charge in [0.2, 0.25) is 0 Å². The van der Waals surface area contributed by atoms with E-state index in [9.17, 15) is 19.7 Å². The molecule has 1 aliphatic heterocycles. The van der Waals surface area contributed by atoms with Crippen LogP contribution in [0.5, 0.6) is 0 Å². The number of fused-ring (bicyclic) bond motifs is 1. The van der Waals surface area contributed by atoms with Crippen molar-refractivity contribution in [1.82, 2.24) is 4.57 Å². The summed E-state index contributed by atoms with van der Waals surface area (Å²) in [5.74, 6) is 0.145. The summed E-state index contributed by atoms with van der Waals surface area (Å²) in [5, 5.41) is 11.5. The lowest BCUT2D eigenvalue weighted by molar-refractivity contribution is -0.384. The quantitative estimate of drug-likeness (QED) is 0.122. The van der Waals surface area contributed by atoms with Gasteiger partial charge in [0, 0.05) is 28.7 Å². The Balaban J connectivity index is 1.62. The zero-order valence-corrected chi connectivity index (χ0v) is 23.9. The molecule has 2 aromatic carbocycles. The van der Waals surface area contributed by atoms with Crippen LogP contribution in [0.25, 0.3) is 17.4 Å². The summed E-state index contributed by atoms with van der Waals surface area (Å²) in [5.41, 5.74) is 1.43. The van der Waals surface area contributed by atoms with Gasteiger partial charge in [0.1, 0.15) is 11.5 Å². The lowest BCUT2D eigenvalue weighted by Gasteiger charge is -2.24. The van der Waals surface area contributed by atoms with Crippen molar-refractivity contribution in [3.8, 4) is 11.3 Å². The Morgan fingerprint density at radius 1 is 1.25 bits per heavy atom. The Labute approximate surface area is 241 Å². The largest absolute Gasteiger partial charge is 0.463 e. The maximum absolute atomic E-state index is 13.8. The molecule has 4 aromatic rings. The first-order valence-electron chi connectivity index (χ1n) is 12.1. The second-order valence-corrected chi connectivity index (χ2v) is 11.0. The molecule has 0 spiro atoms. The number of thiazole rings is 1. The molecule has 204 valence electrons. The normalized spacial score (nSPS) is 15.1. The van der Waals surface area contributed by atoms with E-state index in [0.717, 1.165) is 10.5 Å². The van der Waals surface area contributed by atoms with Crippen LogP contribution in [-0.2, 0) is 9.53 Å². The number of non-ortho nitro benzene ring substituents is 1. The van der Waals surface area contributed by atoms with E-state index in [1.807, 2.05) is 30.5 Å². The number of carbonyl (C=O) groups excluding carboxylic acids is 1. The minimum absolute atomic E-state index is 0.121. The second-order valence-electron chi connectivity index (χ2n) is 8.70. The topological polar surface area (TPSA) is 117 Å². The van der Waals surface area contributed by atoms with Crippen molar-refractivity contribution in [1.29, 1.82) is 0 Å². The number of aromatic nitrogens is 1. The van der Waals surface area contributed by atoms with Crippen molar-refractivity contribution >= 4 is 52.4 Å². The van der Waals surface area contributed by atoms with E-state index in [0.29, 0.717) is 42.7 Å². The maximum Gasteiger partial charge on any atom is 0.338 e. The zero-order chi connectivity index (χ0) is 28.6. The summed E-state index contributed by atoms with van der Waals surface area (Å²) >= 11 is 9.03. The molecule has 3 heterocycles. The van der Waals surface area contributed by atoms with Crippen LogP contribution >= 0.6 is 34.7 Å². The Kier molecular flexibility index (Phi) is 7.79. The number of halogens is 1. The predicted octanol–water partition coefficient (Wildman–Crippen LogP) is 5.34. The van der Waals surface area contributed by atoms with Gasteiger partial charge in [-0.3, -0.25) is 19.5 Å². The highest BCUT2D eigenvalue weighted by molar-refractivity contribution is 7.98. The van der Waals surface area contributed by atoms with E-state index in [1.165, 1.54) is 34.1 Å². The number of hydrogen-bond donors (Lipinski definition) is 0. The van der Waals surface area contributed by atoms with Crippen molar-refractivity contribution in [3.05, 3.63) is 112 Å². The van der Waals surface area contributed by atoms with Gasteiger partial charge < -0.3 is 9.15 Å². The highest BCUT2D eigenvalue weighted by Crippen LogP contribution is 2.33. The number of furan rings is 1. The number of ether oxygens (including phenoxy) is 1. The molecule has 12 heteroatoms. The molecule has 0 fully saturated rings.